The molecule has 0 unspecified atom stereocenters. The number of amides is 3. The van der Waals surface area contributed by atoms with Crippen molar-refractivity contribution < 1.29 is 40.3 Å². The highest BCUT2D eigenvalue weighted by molar-refractivity contribution is 5.92. The van der Waals surface area contributed by atoms with Crippen LogP contribution in [-0.2, 0) is 17.1 Å². The molecule has 0 radical (unpaired) electrons. The highest BCUT2D eigenvalue weighted by atomic mass is 19.4. The largest absolute Gasteiger partial charge is 0.416 e. The molecule has 3 aromatic rings. The van der Waals surface area contributed by atoms with Gasteiger partial charge in [-0.15, -0.1) is 5.10 Å². The smallest absolute Gasteiger partial charge is 0.340 e. The first-order valence-corrected chi connectivity index (χ1v) is 14.2. The molecule has 9 nitrogen and oxygen atoms in total. The molecule has 2 atom stereocenters. The predicted octanol–water partition coefficient (Wildman–Crippen LogP) is 5.76. The lowest BCUT2D eigenvalue weighted by Crippen LogP contribution is -2.48. The van der Waals surface area contributed by atoms with Gasteiger partial charge >= 0.3 is 18.4 Å². The summed E-state index contributed by atoms with van der Waals surface area (Å²) in [6.07, 6.45) is -6.12. The van der Waals surface area contributed by atoms with Crippen LogP contribution in [0.3, 0.4) is 0 Å². The van der Waals surface area contributed by atoms with Crippen LogP contribution in [0.15, 0.2) is 48.8 Å². The third kappa shape index (κ3) is 6.88. The fourth-order valence-corrected chi connectivity index (χ4v) is 6.20. The molecule has 1 aliphatic carbocycles. The van der Waals surface area contributed by atoms with Crippen LogP contribution in [-0.4, -0.2) is 75.2 Å². The summed E-state index contributed by atoms with van der Waals surface area (Å²) < 4.78 is 96.3. The maximum absolute atomic E-state index is 13.8. The number of benzene rings is 2. The number of halogens is 7. The minimum atomic E-state index is -5.09. The number of likely N-dealkylation sites (tertiary alicyclic amines) is 1. The summed E-state index contributed by atoms with van der Waals surface area (Å²) in [6, 6.07) is 4.98. The molecule has 1 saturated heterocycles. The van der Waals surface area contributed by atoms with E-state index in [0.29, 0.717) is 43.4 Å². The molecule has 1 saturated carbocycles. The number of likely N-dealkylation sites (N-methyl/N-ethyl adjacent to an activating group) is 1. The van der Waals surface area contributed by atoms with Gasteiger partial charge in [0.25, 0.3) is 0 Å². The number of tetrazole rings is 1. The number of carbonyl (C=O) groups is 2. The van der Waals surface area contributed by atoms with E-state index >= 15 is 0 Å². The Labute approximate surface area is 253 Å². The molecule has 2 heterocycles. The van der Waals surface area contributed by atoms with Gasteiger partial charge in [-0.25, -0.2) is 13.9 Å². The molecule has 45 heavy (non-hydrogen) atoms. The number of hydrogen-bond acceptors (Lipinski definition) is 5. The monoisotopic (exact) mass is 641 g/mol. The number of rotatable bonds is 5. The molecule has 0 bridgehead atoms. The lowest BCUT2D eigenvalue weighted by atomic mass is 9.85. The van der Waals surface area contributed by atoms with E-state index in [1.807, 2.05) is 0 Å². The number of urea groups is 1. The normalized spacial score (nSPS) is 22.4. The standard InChI is InChI=1S/C29H30F7N7O2/c1-40(23-12-19(28(31,32)33)11-20(13-23)29(34,35)36)27(45)41(2)25-15-42(14-24(25)17-3-7-21(30)8-4-17)26(44)18-5-9-22(10-6-18)43-16-37-38-39-43/h3-4,7-8,11-13,16,18,22,24-25H,5-6,9-10,14-15H2,1-2H3/t18-,22-,24-,25+/m0/s1. The third-order valence-corrected chi connectivity index (χ3v) is 8.73. The molecular weight excluding hydrogens is 611 g/mol. The van der Waals surface area contributed by atoms with Crippen molar-refractivity contribution in [3.05, 3.63) is 71.3 Å². The van der Waals surface area contributed by atoms with Gasteiger partial charge in [0.15, 0.2) is 0 Å². The molecule has 2 aliphatic rings. The van der Waals surface area contributed by atoms with Gasteiger partial charge in [0.05, 0.1) is 23.2 Å². The molecule has 242 valence electrons. The summed E-state index contributed by atoms with van der Waals surface area (Å²) in [7, 11) is 2.46. The van der Waals surface area contributed by atoms with E-state index in [-0.39, 0.29) is 37.0 Å². The third-order valence-electron chi connectivity index (χ3n) is 8.73. The van der Waals surface area contributed by atoms with E-state index in [1.54, 1.807) is 9.58 Å². The Morgan fingerprint density at radius 2 is 1.47 bits per heavy atom. The second kappa shape index (κ2) is 12.3. The second-order valence-corrected chi connectivity index (χ2v) is 11.5. The molecule has 3 amide bonds. The van der Waals surface area contributed by atoms with Crippen molar-refractivity contribution in [1.29, 1.82) is 0 Å². The van der Waals surface area contributed by atoms with Crippen LogP contribution in [0, 0.1) is 11.7 Å². The highest BCUT2D eigenvalue weighted by Crippen LogP contribution is 2.40. The minimum absolute atomic E-state index is 0.00709. The van der Waals surface area contributed by atoms with Crippen LogP contribution < -0.4 is 4.90 Å². The average molecular weight is 642 g/mol. The molecular formula is C29H30F7N7O2. The molecule has 1 aromatic heterocycles. The number of alkyl halides is 6. The fraction of sp³-hybridized carbons (Fsp3) is 0.483. The van der Waals surface area contributed by atoms with Gasteiger partial charge < -0.3 is 9.80 Å². The molecule has 2 aromatic carbocycles. The first-order chi connectivity index (χ1) is 21.1. The Balaban J connectivity index is 1.37. The van der Waals surface area contributed by atoms with Crippen molar-refractivity contribution in [2.45, 2.75) is 56.0 Å². The van der Waals surface area contributed by atoms with E-state index in [0.717, 1.165) is 11.9 Å². The number of anilines is 1. The maximum atomic E-state index is 13.8. The van der Waals surface area contributed by atoms with Crippen LogP contribution in [0.25, 0.3) is 0 Å². The van der Waals surface area contributed by atoms with E-state index in [4.69, 9.17) is 0 Å². The lowest BCUT2D eigenvalue weighted by Gasteiger charge is -2.33. The highest BCUT2D eigenvalue weighted by Gasteiger charge is 2.43. The van der Waals surface area contributed by atoms with Crippen molar-refractivity contribution in [2.24, 2.45) is 5.92 Å². The minimum Gasteiger partial charge on any atom is -0.340 e. The average Bonchev–Trinajstić information content (AvgIpc) is 3.70. The molecule has 2 fully saturated rings. The van der Waals surface area contributed by atoms with Crippen LogP contribution >= 0.6 is 0 Å². The summed E-state index contributed by atoms with van der Waals surface area (Å²) in [5.74, 6) is -1.40. The maximum Gasteiger partial charge on any atom is 0.416 e. The van der Waals surface area contributed by atoms with Crippen molar-refractivity contribution >= 4 is 17.6 Å². The van der Waals surface area contributed by atoms with E-state index in [9.17, 15) is 40.3 Å². The Morgan fingerprint density at radius 1 is 0.867 bits per heavy atom. The van der Waals surface area contributed by atoms with Crippen LogP contribution in [0.2, 0.25) is 0 Å². The van der Waals surface area contributed by atoms with Gasteiger partial charge in [-0.1, -0.05) is 12.1 Å². The summed E-state index contributed by atoms with van der Waals surface area (Å²) in [6.45, 7) is 0.255. The SMILES string of the molecule is CN(C(=O)N(C)[C@@H]1CN(C(=O)[C@H]2CC[C@H](n3cnnn3)CC2)C[C@H]1c1ccc(F)cc1)c1cc(C(F)(F)F)cc(C(F)(F)F)c1. The molecule has 0 spiro atoms. The summed E-state index contributed by atoms with van der Waals surface area (Å²) in [5.41, 5.74) is -3.07. The zero-order chi connectivity index (χ0) is 32.7. The predicted molar refractivity (Wildman–Crippen MR) is 146 cm³/mol. The lowest BCUT2D eigenvalue weighted by molar-refractivity contribution is -0.143. The van der Waals surface area contributed by atoms with Crippen molar-refractivity contribution in [1.82, 2.24) is 30.0 Å². The number of nitrogens with zero attached hydrogens (tertiary/aromatic N) is 7. The molecule has 5 rings (SSSR count). The summed E-state index contributed by atoms with van der Waals surface area (Å²) in [5, 5.41) is 11.2. The first-order valence-electron chi connectivity index (χ1n) is 14.2. The topological polar surface area (TPSA) is 87.5 Å². The number of aromatic nitrogens is 4. The Hall–Kier alpha value is -4.24. The van der Waals surface area contributed by atoms with E-state index < -0.39 is 53.0 Å². The number of carbonyl (C=O) groups excluding carboxylic acids is 2. The fourth-order valence-electron chi connectivity index (χ4n) is 6.20. The van der Waals surface area contributed by atoms with Crippen molar-refractivity contribution in [3.63, 3.8) is 0 Å². The zero-order valence-corrected chi connectivity index (χ0v) is 24.3. The van der Waals surface area contributed by atoms with E-state index in [1.165, 1.54) is 42.5 Å². The van der Waals surface area contributed by atoms with Gasteiger partial charge in [0.1, 0.15) is 12.1 Å². The van der Waals surface area contributed by atoms with Crippen LogP contribution in [0.5, 0.6) is 0 Å². The number of hydrogen-bond donors (Lipinski definition) is 0. The zero-order valence-electron chi connectivity index (χ0n) is 24.3. The van der Waals surface area contributed by atoms with Crippen LogP contribution in [0.1, 0.15) is 54.3 Å². The van der Waals surface area contributed by atoms with Gasteiger partial charge in [-0.2, -0.15) is 26.3 Å². The summed E-state index contributed by atoms with van der Waals surface area (Å²) >= 11 is 0. The Kier molecular flexibility index (Phi) is 8.77. The van der Waals surface area contributed by atoms with Crippen molar-refractivity contribution in [3.8, 4) is 0 Å². The van der Waals surface area contributed by atoms with Crippen LogP contribution in [0.4, 0.5) is 41.2 Å². The second-order valence-electron chi connectivity index (χ2n) is 11.5. The molecule has 1 aliphatic heterocycles. The van der Waals surface area contributed by atoms with Gasteiger partial charge in [0.2, 0.25) is 5.91 Å². The Morgan fingerprint density at radius 3 is 2.00 bits per heavy atom. The summed E-state index contributed by atoms with van der Waals surface area (Å²) in [4.78, 5) is 30.8. The molecule has 0 N–H and O–H groups in total. The first kappa shape index (κ1) is 32.2. The van der Waals surface area contributed by atoms with Gasteiger partial charge in [-0.3, -0.25) is 9.69 Å². The van der Waals surface area contributed by atoms with Gasteiger partial charge in [-0.05, 0) is 72.0 Å². The Bertz CT molecular complexity index is 1470. The van der Waals surface area contributed by atoms with Crippen molar-refractivity contribution in [2.75, 3.05) is 32.1 Å². The van der Waals surface area contributed by atoms with E-state index in [2.05, 4.69) is 15.5 Å². The molecule has 16 heteroatoms. The van der Waals surface area contributed by atoms with Gasteiger partial charge in [0, 0.05) is 44.7 Å². The quantitative estimate of drug-likeness (QED) is 0.331.